The van der Waals surface area contributed by atoms with E-state index in [0.29, 0.717) is 5.57 Å². The first-order valence-corrected chi connectivity index (χ1v) is 20.3. The number of methoxy groups -OCH3 is 2. The van der Waals surface area contributed by atoms with Crippen LogP contribution in [0.4, 0.5) is 0 Å². The number of hydrogen-bond donors (Lipinski definition) is 0. The minimum absolute atomic E-state index is 0.101. The molecule has 46 heavy (non-hydrogen) atoms. The Morgan fingerprint density at radius 2 is 0.935 bits per heavy atom. The van der Waals surface area contributed by atoms with Crippen LogP contribution in [0.5, 0.6) is 0 Å². The van der Waals surface area contributed by atoms with Gasteiger partial charge in [-0.3, -0.25) is 4.79 Å². The number of benzene rings is 4. The van der Waals surface area contributed by atoms with E-state index >= 15 is 0 Å². The van der Waals surface area contributed by atoms with Crippen LogP contribution >= 0.6 is 25.4 Å². The maximum Gasteiger partial charge on any atom is 0.0966 e. The Labute approximate surface area is 292 Å². The molecule has 4 rings (SSSR count). The summed E-state index contributed by atoms with van der Waals surface area (Å²) in [4.78, 5) is 22.3. The molecule has 0 radical (unpaired) electrons. The van der Waals surface area contributed by atoms with Gasteiger partial charge in [0.25, 0.3) is 5.97 Å². The van der Waals surface area contributed by atoms with Crippen molar-refractivity contribution < 1.29 is 37.2 Å². The Morgan fingerprint density at radius 3 is 1.20 bits per heavy atom. The van der Waals surface area contributed by atoms with Crippen molar-refractivity contribution in [3.63, 3.8) is 0 Å². The fourth-order valence-corrected chi connectivity index (χ4v) is 10.3. The third-order valence-corrected chi connectivity index (χ3v) is 13.1. The zero-order chi connectivity index (χ0) is 33.7. The molecule has 4 nitrogen and oxygen atoms in total. The second kappa shape index (κ2) is 22.6. The summed E-state index contributed by atoms with van der Waals surface area (Å²) >= 11 is 2.22. The van der Waals surface area contributed by atoms with Gasteiger partial charge < -0.3 is 14.3 Å². The van der Waals surface area contributed by atoms with E-state index in [2.05, 4.69) is 165 Å². The largest absolute Gasteiger partial charge is 0.0966 e. The van der Waals surface area contributed by atoms with Gasteiger partial charge in [0.2, 0.25) is 5.97 Å². The van der Waals surface area contributed by atoms with E-state index in [1.807, 2.05) is 13.8 Å². The standard InChI is InChI=1S/C27H26P2.C11H15O4.ClH.Pd/c1-5-14-24(15-6-1)28(25-16-7-2-8-17-25)22-13-23-29(26-18-9-3-10-19-26)27-20-11-4-12-21-27;1-7(2)8(3)9(11(13)15-5)6-10(12)14-4;;/h1-12,14-21H,13,22-23H2;1-5H3;1H;/q;-1;;+2/p+1. The van der Waals surface area contributed by atoms with Crippen molar-refractivity contribution in [1.82, 2.24) is 0 Å². The van der Waals surface area contributed by atoms with E-state index in [9.17, 15) is 9.59 Å². The van der Waals surface area contributed by atoms with Crippen molar-refractivity contribution in [2.45, 2.75) is 27.2 Å². The molecular formula is C38H43ClO4P2Pd+2. The second-order valence-corrected chi connectivity index (χ2v) is 15.6. The molecule has 0 N–H and O–H groups in total. The molecule has 0 aromatic heterocycles. The molecule has 0 aliphatic carbocycles. The zero-order valence-electron chi connectivity index (χ0n) is 27.0. The van der Waals surface area contributed by atoms with Gasteiger partial charge in [-0.1, -0.05) is 105 Å². The first-order valence-electron chi connectivity index (χ1n) is 14.9. The molecule has 0 unspecified atom stereocenters. The van der Waals surface area contributed by atoms with E-state index < -0.39 is 27.8 Å². The Bertz CT molecular complexity index is 1350. The third kappa shape index (κ3) is 13.1. The van der Waals surface area contributed by atoms with Gasteiger partial charge in [0.05, 0.1) is 63.6 Å². The van der Waals surface area contributed by atoms with Gasteiger partial charge in [-0.05, 0) is 48.5 Å². The molecule has 0 aliphatic heterocycles. The van der Waals surface area contributed by atoms with Crippen LogP contribution in [-0.4, -0.2) is 38.5 Å². The maximum absolute atomic E-state index is 11.3. The van der Waals surface area contributed by atoms with Crippen molar-refractivity contribution in [3.05, 3.63) is 144 Å². The van der Waals surface area contributed by atoms with Crippen LogP contribution in [-0.2, 0) is 37.2 Å². The van der Waals surface area contributed by atoms with Crippen LogP contribution in [0.1, 0.15) is 27.2 Å². The Kier molecular flexibility index (Phi) is 19.3. The number of ether oxygens (including phenoxy) is 2. The fraction of sp³-hybridized carbons (Fsp3) is 0.211. The predicted octanol–water partition coefficient (Wildman–Crippen LogP) is 7.21. The summed E-state index contributed by atoms with van der Waals surface area (Å²) in [6, 6.07) is 44.6. The van der Waals surface area contributed by atoms with Crippen molar-refractivity contribution in [2.75, 3.05) is 26.5 Å². The summed E-state index contributed by atoms with van der Waals surface area (Å²) in [5.41, 5.74) is 1.67. The molecule has 0 heterocycles. The van der Waals surface area contributed by atoms with E-state index in [1.54, 1.807) is 6.92 Å². The Morgan fingerprint density at radius 1 is 0.609 bits per heavy atom. The fourth-order valence-electron chi connectivity index (χ4n) is 4.71. The molecule has 0 saturated carbocycles. The molecule has 4 aromatic rings. The molecule has 244 valence electrons. The normalized spacial score (nSPS) is 10.6. The number of rotatable bonds is 11. The predicted molar refractivity (Wildman–Crippen MR) is 196 cm³/mol. The van der Waals surface area contributed by atoms with E-state index in [-0.39, 0.29) is 5.57 Å². The number of allylic oxidation sites excluding steroid dienone is 1. The van der Waals surface area contributed by atoms with Gasteiger partial charge in [0.15, 0.2) is 0 Å². The second-order valence-electron chi connectivity index (χ2n) is 10.4. The average Bonchev–Trinajstić information content (AvgIpc) is 3.12. The molecule has 8 heteroatoms. The molecule has 0 fully saturated rings. The maximum atomic E-state index is 11.3. The molecule has 0 atom stereocenters. The van der Waals surface area contributed by atoms with Crippen molar-refractivity contribution >= 4 is 58.5 Å². The average molecular weight is 768 g/mol. The molecular weight excluding hydrogens is 724 g/mol. The molecule has 0 amide bonds. The van der Waals surface area contributed by atoms with Gasteiger partial charge in [0.1, 0.15) is 0 Å². The first-order chi connectivity index (χ1) is 22.3. The summed E-state index contributed by atoms with van der Waals surface area (Å²) in [6.07, 6.45) is 6.16. The quantitative estimate of drug-likeness (QED) is 0.0405. The molecule has 4 aromatic carbocycles. The van der Waals surface area contributed by atoms with E-state index in [4.69, 9.17) is 0 Å². The van der Waals surface area contributed by atoms with Gasteiger partial charge >= 0.3 is 27.7 Å². The van der Waals surface area contributed by atoms with Gasteiger partial charge in [-0.2, -0.15) is 0 Å². The number of hydrogen-bond acceptors (Lipinski definition) is 4. The SMILES string of the molecule is COC(=O)[C-]=C(C(=O)OC)C(C)=C(C)C.[Cl][Pd+].c1ccc([PH+](CCC[PH+](c2ccccc2)c2ccccc2)c2ccccc2)cc1. The first kappa shape index (κ1) is 39.3. The number of carbonyl (C=O) groups excluding carboxylic acids is 2. The van der Waals surface area contributed by atoms with Crippen LogP contribution in [0.3, 0.4) is 0 Å². The topological polar surface area (TPSA) is 52.6 Å². The third-order valence-electron chi connectivity index (χ3n) is 7.27. The molecule has 0 bridgehead atoms. The van der Waals surface area contributed by atoms with Crippen LogP contribution in [0, 0.1) is 6.08 Å². The van der Waals surface area contributed by atoms with E-state index in [0.717, 1.165) is 5.57 Å². The monoisotopic (exact) mass is 766 g/mol. The van der Waals surface area contributed by atoms with Crippen LogP contribution in [0.2, 0.25) is 0 Å². The summed E-state index contributed by atoms with van der Waals surface area (Å²) < 4.78 is 8.95. The van der Waals surface area contributed by atoms with Crippen LogP contribution in [0.15, 0.2) is 138 Å². The van der Waals surface area contributed by atoms with Crippen LogP contribution < -0.4 is 21.2 Å². The number of carbonyl (C=O) groups is 2. The Balaban J connectivity index is 0.000000369. The summed E-state index contributed by atoms with van der Waals surface area (Å²) in [6.45, 7) is 5.38. The van der Waals surface area contributed by atoms with Gasteiger partial charge in [-0.25, -0.2) is 0 Å². The minimum atomic E-state index is -0.742. The van der Waals surface area contributed by atoms with E-state index in [1.165, 1.54) is 54.2 Å². The van der Waals surface area contributed by atoms with Crippen molar-refractivity contribution in [1.29, 1.82) is 0 Å². The van der Waals surface area contributed by atoms with Crippen molar-refractivity contribution in [3.8, 4) is 0 Å². The summed E-state index contributed by atoms with van der Waals surface area (Å²) in [5, 5.41) is 6.10. The number of esters is 2. The van der Waals surface area contributed by atoms with Gasteiger partial charge in [0, 0.05) is 6.42 Å². The summed E-state index contributed by atoms with van der Waals surface area (Å²) in [7, 11) is 5.48. The van der Waals surface area contributed by atoms with Crippen molar-refractivity contribution in [2.24, 2.45) is 0 Å². The van der Waals surface area contributed by atoms with Crippen LogP contribution in [0.25, 0.3) is 0 Å². The zero-order valence-corrected chi connectivity index (χ0v) is 31.3. The summed E-state index contributed by atoms with van der Waals surface area (Å²) in [5.74, 6) is -1.30. The molecule has 0 aliphatic rings. The number of halogens is 1. The minimum Gasteiger partial charge on any atom is -0.0620 e. The smallest absolute Gasteiger partial charge is 0.0620 e. The van der Waals surface area contributed by atoms with Gasteiger partial charge in [-0.15, -0.1) is 11.1 Å². The molecule has 0 spiro atoms. The Hall–Kier alpha value is -2.89. The molecule has 0 saturated heterocycles.